The minimum Gasteiger partial charge on any atom is -0.308 e. The van der Waals surface area contributed by atoms with Crippen LogP contribution in [0.25, 0.3) is 44.2 Å². The molecule has 0 fully saturated rings. The second-order valence-corrected chi connectivity index (χ2v) is 10.1. The van der Waals surface area contributed by atoms with Gasteiger partial charge in [-0.3, -0.25) is 4.98 Å². The molecular formula is C39H28N2. The fourth-order valence-corrected chi connectivity index (χ4v) is 5.65. The molecule has 0 unspecified atom stereocenters. The molecule has 41 heavy (non-hydrogen) atoms. The van der Waals surface area contributed by atoms with E-state index in [0.29, 0.717) is 0 Å². The van der Waals surface area contributed by atoms with E-state index in [1.165, 1.54) is 44.2 Å². The zero-order valence-electron chi connectivity index (χ0n) is 22.6. The van der Waals surface area contributed by atoms with Gasteiger partial charge in [0.1, 0.15) is 0 Å². The number of rotatable bonds is 6. The third kappa shape index (κ3) is 4.77. The summed E-state index contributed by atoms with van der Waals surface area (Å²) in [5.41, 5.74) is 10.4. The summed E-state index contributed by atoms with van der Waals surface area (Å²) < 4.78 is 0. The summed E-state index contributed by atoms with van der Waals surface area (Å²) in [5, 5.41) is 2.40. The molecule has 2 heteroatoms. The maximum Gasteiger partial charge on any atom is 0.0645 e. The maximum absolute atomic E-state index is 4.51. The van der Waals surface area contributed by atoms with Gasteiger partial charge in [-0.2, -0.15) is 0 Å². The van der Waals surface area contributed by atoms with Crippen molar-refractivity contribution in [3.8, 4) is 33.4 Å². The highest BCUT2D eigenvalue weighted by Gasteiger charge is 2.21. The molecule has 0 aliphatic heterocycles. The van der Waals surface area contributed by atoms with Gasteiger partial charge in [-0.05, 0) is 69.1 Å². The summed E-state index contributed by atoms with van der Waals surface area (Å²) >= 11 is 0. The van der Waals surface area contributed by atoms with Gasteiger partial charge in [0.2, 0.25) is 0 Å². The molecule has 0 N–H and O–H groups in total. The van der Waals surface area contributed by atoms with Crippen molar-refractivity contribution in [1.82, 2.24) is 4.98 Å². The van der Waals surface area contributed by atoms with E-state index in [1.54, 1.807) is 0 Å². The van der Waals surface area contributed by atoms with Gasteiger partial charge in [0, 0.05) is 17.3 Å². The van der Waals surface area contributed by atoms with E-state index < -0.39 is 0 Å². The van der Waals surface area contributed by atoms with Crippen molar-refractivity contribution >= 4 is 27.8 Å². The molecule has 0 amide bonds. The first-order chi connectivity index (χ1) is 20.4. The van der Waals surface area contributed by atoms with E-state index >= 15 is 0 Å². The third-order valence-corrected chi connectivity index (χ3v) is 7.55. The van der Waals surface area contributed by atoms with Crippen LogP contribution in [-0.4, -0.2) is 4.98 Å². The van der Waals surface area contributed by atoms with E-state index in [1.807, 2.05) is 18.5 Å². The van der Waals surface area contributed by atoms with Crippen LogP contribution < -0.4 is 4.90 Å². The van der Waals surface area contributed by atoms with Crippen molar-refractivity contribution in [3.63, 3.8) is 0 Å². The third-order valence-electron chi connectivity index (χ3n) is 7.55. The van der Waals surface area contributed by atoms with Crippen LogP contribution in [-0.2, 0) is 0 Å². The quantitative estimate of drug-likeness (QED) is 0.215. The van der Waals surface area contributed by atoms with E-state index in [9.17, 15) is 0 Å². The van der Waals surface area contributed by atoms with Crippen molar-refractivity contribution < 1.29 is 0 Å². The van der Waals surface area contributed by atoms with Crippen molar-refractivity contribution in [2.24, 2.45) is 0 Å². The zero-order valence-corrected chi connectivity index (χ0v) is 22.6. The van der Waals surface area contributed by atoms with Crippen molar-refractivity contribution in [3.05, 3.63) is 170 Å². The fraction of sp³-hybridized carbons (Fsp3) is 0. The molecule has 0 atom stereocenters. The smallest absolute Gasteiger partial charge is 0.0645 e. The number of nitrogens with zero attached hydrogens (tertiary/aromatic N) is 2. The summed E-state index contributed by atoms with van der Waals surface area (Å²) in [6, 6.07) is 55.9. The Balaban J connectivity index is 1.50. The largest absolute Gasteiger partial charge is 0.308 e. The standard InChI is InChI=1S/C39H28N2/c1-4-13-29(14-5-1)30-22-24-33(25-23-30)41(34-19-12-26-40-28-34)38-27-37(31-15-6-2-7-16-31)39(32-17-8-3-9-18-32)36-21-11-10-20-35(36)38/h1-28H. The van der Waals surface area contributed by atoms with Crippen LogP contribution in [0.15, 0.2) is 170 Å². The number of anilines is 3. The van der Waals surface area contributed by atoms with Gasteiger partial charge >= 0.3 is 0 Å². The Labute approximate surface area is 240 Å². The molecule has 0 bridgehead atoms. The van der Waals surface area contributed by atoms with Gasteiger partial charge in [-0.1, -0.05) is 127 Å². The number of hydrogen-bond acceptors (Lipinski definition) is 2. The van der Waals surface area contributed by atoms with Crippen LogP contribution in [0.4, 0.5) is 17.1 Å². The fourth-order valence-electron chi connectivity index (χ4n) is 5.65. The van der Waals surface area contributed by atoms with Gasteiger partial charge in [-0.25, -0.2) is 0 Å². The Morgan fingerprint density at radius 1 is 0.415 bits per heavy atom. The number of aromatic nitrogens is 1. The summed E-state index contributed by atoms with van der Waals surface area (Å²) in [6.07, 6.45) is 3.76. The molecule has 7 aromatic rings. The van der Waals surface area contributed by atoms with E-state index in [0.717, 1.165) is 17.1 Å². The lowest BCUT2D eigenvalue weighted by atomic mass is 9.88. The minimum atomic E-state index is 1.01. The SMILES string of the molecule is c1ccc(-c2ccc(N(c3cccnc3)c3cc(-c4ccccc4)c(-c4ccccc4)c4ccccc34)cc2)cc1. The predicted molar refractivity (Wildman–Crippen MR) is 173 cm³/mol. The van der Waals surface area contributed by atoms with Crippen LogP contribution in [0.2, 0.25) is 0 Å². The molecule has 2 nitrogen and oxygen atoms in total. The molecule has 0 spiro atoms. The van der Waals surface area contributed by atoms with Gasteiger partial charge in [0.25, 0.3) is 0 Å². The van der Waals surface area contributed by atoms with Crippen molar-refractivity contribution in [2.45, 2.75) is 0 Å². The van der Waals surface area contributed by atoms with Crippen LogP contribution in [0.5, 0.6) is 0 Å². The highest BCUT2D eigenvalue weighted by molar-refractivity contribution is 6.11. The second-order valence-electron chi connectivity index (χ2n) is 10.1. The van der Waals surface area contributed by atoms with Crippen LogP contribution in [0.3, 0.4) is 0 Å². The Bertz CT molecular complexity index is 1900. The average molecular weight is 525 g/mol. The molecule has 6 aromatic carbocycles. The zero-order chi connectivity index (χ0) is 27.4. The molecule has 194 valence electrons. The number of fused-ring (bicyclic) bond motifs is 1. The van der Waals surface area contributed by atoms with Crippen molar-refractivity contribution in [1.29, 1.82) is 0 Å². The van der Waals surface area contributed by atoms with Gasteiger partial charge in [0.15, 0.2) is 0 Å². The number of pyridine rings is 1. The lowest BCUT2D eigenvalue weighted by Gasteiger charge is -2.28. The normalized spacial score (nSPS) is 10.9. The summed E-state index contributed by atoms with van der Waals surface area (Å²) in [6.45, 7) is 0. The van der Waals surface area contributed by atoms with Gasteiger partial charge in [0.05, 0.1) is 17.6 Å². The molecule has 7 rings (SSSR count). The summed E-state index contributed by atoms with van der Waals surface area (Å²) in [4.78, 5) is 6.83. The maximum atomic E-state index is 4.51. The molecule has 1 heterocycles. The topological polar surface area (TPSA) is 16.1 Å². The Morgan fingerprint density at radius 3 is 1.61 bits per heavy atom. The second kappa shape index (κ2) is 11.0. The van der Waals surface area contributed by atoms with E-state index in [2.05, 4.69) is 162 Å². The first-order valence-electron chi connectivity index (χ1n) is 13.9. The van der Waals surface area contributed by atoms with E-state index in [4.69, 9.17) is 0 Å². The van der Waals surface area contributed by atoms with Crippen LogP contribution in [0.1, 0.15) is 0 Å². The molecule has 0 saturated carbocycles. The highest BCUT2D eigenvalue weighted by atomic mass is 15.1. The molecular weight excluding hydrogens is 496 g/mol. The van der Waals surface area contributed by atoms with E-state index in [-0.39, 0.29) is 0 Å². The molecule has 0 saturated heterocycles. The molecule has 0 radical (unpaired) electrons. The summed E-state index contributed by atoms with van der Waals surface area (Å²) in [5.74, 6) is 0. The van der Waals surface area contributed by atoms with Crippen LogP contribution in [0, 0.1) is 0 Å². The van der Waals surface area contributed by atoms with Crippen LogP contribution >= 0.6 is 0 Å². The Hall–Kier alpha value is -5.47. The first kappa shape index (κ1) is 24.6. The molecule has 0 aliphatic carbocycles. The Morgan fingerprint density at radius 2 is 0.976 bits per heavy atom. The van der Waals surface area contributed by atoms with Crippen molar-refractivity contribution in [2.75, 3.05) is 4.90 Å². The first-order valence-corrected chi connectivity index (χ1v) is 13.9. The van der Waals surface area contributed by atoms with Gasteiger partial charge < -0.3 is 4.90 Å². The highest BCUT2D eigenvalue weighted by Crippen LogP contribution is 2.46. The summed E-state index contributed by atoms with van der Waals surface area (Å²) in [7, 11) is 0. The monoisotopic (exact) mass is 524 g/mol. The molecule has 1 aromatic heterocycles. The lowest BCUT2D eigenvalue weighted by molar-refractivity contribution is 1.24. The van der Waals surface area contributed by atoms with Gasteiger partial charge in [-0.15, -0.1) is 0 Å². The number of hydrogen-bond donors (Lipinski definition) is 0. The number of benzene rings is 6. The predicted octanol–water partition coefficient (Wildman–Crippen LogP) is 10.7. The lowest BCUT2D eigenvalue weighted by Crippen LogP contribution is -2.11. The Kier molecular flexibility index (Phi) is 6.56. The molecule has 0 aliphatic rings. The average Bonchev–Trinajstić information content (AvgIpc) is 3.07. The minimum absolute atomic E-state index is 1.01.